The lowest BCUT2D eigenvalue weighted by Crippen LogP contribution is -2.35. The van der Waals surface area contributed by atoms with Crippen LogP contribution in [0, 0.1) is 11.3 Å². The summed E-state index contributed by atoms with van der Waals surface area (Å²) in [5.41, 5.74) is 0.534. The Morgan fingerprint density at radius 1 is 1.43 bits per heavy atom. The van der Waals surface area contributed by atoms with Crippen LogP contribution in [-0.4, -0.2) is 30.7 Å². The fourth-order valence-electron chi connectivity index (χ4n) is 2.43. The molecule has 0 aliphatic heterocycles. The second kappa shape index (κ2) is 10.8. The van der Waals surface area contributed by atoms with Crippen LogP contribution in [0.25, 0.3) is 11.6 Å². The maximum atomic E-state index is 12.9. The Bertz CT molecular complexity index is 1060. The first-order chi connectivity index (χ1) is 13.5. The van der Waals surface area contributed by atoms with Crippen LogP contribution in [0.5, 0.6) is 0 Å². The third kappa shape index (κ3) is 5.52. The molecule has 1 aromatic carbocycles. The summed E-state index contributed by atoms with van der Waals surface area (Å²) in [6.07, 6.45) is 3.87. The fraction of sp³-hybridized carbons (Fsp3) is 0.250. The second-order valence-corrected chi connectivity index (χ2v) is 7.70. The summed E-state index contributed by atoms with van der Waals surface area (Å²) in [5.74, 6) is -0.528. The van der Waals surface area contributed by atoms with Crippen molar-refractivity contribution in [2.45, 2.75) is 13.0 Å². The monoisotopic (exact) mass is 461 g/mol. The maximum absolute atomic E-state index is 12.9. The number of aromatic nitrogens is 1. The first-order valence-electron chi connectivity index (χ1n) is 8.51. The number of carbonyl (C=O) groups is 1. The minimum atomic E-state index is -0.528. The van der Waals surface area contributed by atoms with Crippen molar-refractivity contribution in [1.82, 2.24) is 9.88 Å². The Kier molecular flexibility index (Phi) is 8.39. The van der Waals surface area contributed by atoms with Crippen LogP contribution in [0.15, 0.2) is 46.2 Å². The highest BCUT2D eigenvalue weighted by Crippen LogP contribution is 2.10. The third-order valence-electron chi connectivity index (χ3n) is 3.77. The molecule has 2 rings (SSSR count). The van der Waals surface area contributed by atoms with E-state index in [1.807, 2.05) is 30.3 Å². The predicted molar refractivity (Wildman–Crippen MR) is 114 cm³/mol. The van der Waals surface area contributed by atoms with E-state index in [9.17, 15) is 14.9 Å². The van der Waals surface area contributed by atoms with Gasteiger partial charge < -0.3 is 10.1 Å². The molecule has 1 heterocycles. The first-order valence-corrected chi connectivity index (χ1v) is 10.1. The number of halogens is 1. The van der Waals surface area contributed by atoms with E-state index in [2.05, 4.69) is 27.8 Å². The average Bonchev–Trinajstić information content (AvgIpc) is 2.98. The molecular formula is C20H20BrN3O3S. The van der Waals surface area contributed by atoms with Gasteiger partial charge in [0.05, 0.1) is 4.53 Å². The predicted octanol–water partition coefficient (Wildman–Crippen LogP) is 1.51. The Morgan fingerprint density at radius 3 is 2.75 bits per heavy atom. The number of nitriles is 1. The van der Waals surface area contributed by atoms with Crippen molar-refractivity contribution in [3.63, 3.8) is 0 Å². The van der Waals surface area contributed by atoms with E-state index in [4.69, 9.17) is 4.74 Å². The van der Waals surface area contributed by atoms with Gasteiger partial charge in [0.15, 0.2) is 5.57 Å². The molecule has 0 spiro atoms. The van der Waals surface area contributed by atoms with Gasteiger partial charge in [-0.25, -0.2) is 0 Å². The lowest BCUT2D eigenvalue weighted by atomic mass is 10.2. The molecular weight excluding hydrogens is 442 g/mol. The molecule has 2 aromatic rings. The number of thiazole rings is 1. The molecule has 0 bridgehead atoms. The summed E-state index contributed by atoms with van der Waals surface area (Å²) in [4.78, 5) is 25.3. The summed E-state index contributed by atoms with van der Waals surface area (Å²) in [7, 11) is 1.58. The number of nitrogens with zero attached hydrogens (tertiary/aromatic N) is 2. The largest absolute Gasteiger partial charge is 0.385 e. The molecule has 28 heavy (non-hydrogen) atoms. The van der Waals surface area contributed by atoms with Gasteiger partial charge in [-0.2, -0.15) is 5.26 Å². The summed E-state index contributed by atoms with van der Waals surface area (Å²) in [5, 5.41) is 12.1. The summed E-state index contributed by atoms with van der Waals surface area (Å²) in [6, 6.07) is 9.46. The highest BCUT2D eigenvalue weighted by atomic mass is 79.9. The number of hydrogen-bond donors (Lipinski definition) is 1. The third-order valence-corrected chi connectivity index (χ3v) is 5.42. The molecule has 1 amide bonds. The minimum Gasteiger partial charge on any atom is -0.385 e. The van der Waals surface area contributed by atoms with Crippen molar-refractivity contribution in [2.75, 3.05) is 20.3 Å². The van der Waals surface area contributed by atoms with Gasteiger partial charge >= 0.3 is 0 Å². The van der Waals surface area contributed by atoms with Crippen molar-refractivity contribution < 1.29 is 9.53 Å². The van der Waals surface area contributed by atoms with Gasteiger partial charge in [-0.15, -0.1) is 17.9 Å². The number of nitrogens with one attached hydrogen (secondary N) is 1. The van der Waals surface area contributed by atoms with Crippen LogP contribution in [0.2, 0.25) is 0 Å². The molecule has 1 aromatic heterocycles. The van der Waals surface area contributed by atoms with E-state index < -0.39 is 5.91 Å². The van der Waals surface area contributed by atoms with Crippen molar-refractivity contribution in [3.05, 3.63) is 66.5 Å². The molecule has 0 aliphatic carbocycles. The number of amides is 1. The van der Waals surface area contributed by atoms with Crippen LogP contribution in [0.1, 0.15) is 12.0 Å². The molecule has 0 saturated carbocycles. The molecule has 0 unspecified atom stereocenters. The number of benzene rings is 1. The number of hydrogen-bond acceptors (Lipinski definition) is 5. The molecule has 1 N–H and O–H groups in total. The van der Waals surface area contributed by atoms with Crippen molar-refractivity contribution >= 4 is 44.8 Å². The van der Waals surface area contributed by atoms with E-state index >= 15 is 0 Å². The van der Waals surface area contributed by atoms with Crippen molar-refractivity contribution in [1.29, 1.82) is 5.26 Å². The quantitative estimate of drug-likeness (QED) is 0.476. The summed E-state index contributed by atoms with van der Waals surface area (Å²) in [6.45, 7) is 4.61. The minimum absolute atomic E-state index is 0.0863. The van der Waals surface area contributed by atoms with Crippen LogP contribution in [0.4, 0.5) is 0 Å². The van der Waals surface area contributed by atoms with E-state index in [1.54, 1.807) is 13.2 Å². The first kappa shape index (κ1) is 21.8. The van der Waals surface area contributed by atoms with Gasteiger partial charge in [0.25, 0.3) is 11.5 Å². The van der Waals surface area contributed by atoms with Crippen LogP contribution >= 0.6 is 27.3 Å². The average molecular weight is 462 g/mol. The van der Waals surface area contributed by atoms with Crippen LogP contribution in [0.3, 0.4) is 0 Å². The standard InChI is InChI=1S/C20H20BrN3O3S/c1-3-9-23-18(25)16(13-22)20-24(10-4-11-27-2)19(26)17(28-20)12-14-5-7-15(21)8-6-14/h3,5-8,12H,1,4,9-11H2,2H3,(H,23,25). The van der Waals surface area contributed by atoms with E-state index in [0.717, 1.165) is 21.4 Å². The SMILES string of the molecule is C=CCNC(=O)C(C#N)=c1sc(=Cc2ccc(Br)cc2)c(=O)n1CCCOC. The summed E-state index contributed by atoms with van der Waals surface area (Å²) >= 11 is 4.52. The highest BCUT2D eigenvalue weighted by molar-refractivity contribution is 9.10. The Morgan fingerprint density at radius 2 is 2.14 bits per heavy atom. The summed E-state index contributed by atoms with van der Waals surface area (Å²) < 4.78 is 8.27. The molecule has 0 atom stereocenters. The van der Waals surface area contributed by atoms with Gasteiger partial charge in [-0.3, -0.25) is 14.2 Å². The zero-order valence-electron chi connectivity index (χ0n) is 15.4. The Labute approximate surface area is 175 Å². The molecule has 0 fully saturated rings. The van der Waals surface area contributed by atoms with E-state index in [1.165, 1.54) is 10.6 Å². The van der Waals surface area contributed by atoms with Crippen LogP contribution in [-0.2, 0) is 16.1 Å². The van der Waals surface area contributed by atoms with E-state index in [0.29, 0.717) is 28.8 Å². The van der Waals surface area contributed by atoms with Gasteiger partial charge in [-0.1, -0.05) is 34.1 Å². The number of rotatable bonds is 8. The highest BCUT2D eigenvalue weighted by Gasteiger charge is 2.15. The Balaban J connectivity index is 2.66. The van der Waals surface area contributed by atoms with Gasteiger partial charge in [0, 0.05) is 31.3 Å². The number of carbonyl (C=O) groups excluding carboxylic acids is 1. The van der Waals surface area contributed by atoms with Gasteiger partial charge in [0.2, 0.25) is 0 Å². The topological polar surface area (TPSA) is 84.1 Å². The van der Waals surface area contributed by atoms with Gasteiger partial charge in [0.1, 0.15) is 10.7 Å². The van der Waals surface area contributed by atoms with Crippen molar-refractivity contribution in [2.24, 2.45) is 0 Å². The molecule has 0 radical (unpaired) electrons. The van der Waals surface area contributed by atoms with Crippen LogP contribution < -0.4 is 20.1 Å². The second-order valence-electron chi connectivity index (χ2n) is 5.76. The van der Waals surface area contributed by atoms with Crippen molar-refractivity contribution in [3.8, 4) is 6.07 Å². The van der Waals surface area contributed by atoms with Gasteiger partial charge in [-0.05, 0) is 30.2 Å². The zero-order chi connectivity index (χ0) is 20.5. The lowest BCUT2D eigenvalue weighted by molar-refractivity contribution is -0.115. The normalized spacial score (nSPS) is 12.4. The molecule has 0 saturated heterocycles. The van der Waals surface area contributed by atoms with E-state index in [-0.39, 0.29) is 17.7 Å². The molecule has 146 valence electrons. The zero-order valence-corrected chi connectivity index (χ0v) is 17.8. The number of ether oxygens (including phenoxy) is 1. The fourth-order valence-corrected chi connectivity index (χ4v) is 3.82. The Hall–Kier alpha value is -2.47. The maximum Gasteiger partial charge on any atom is 0.269 e. The lowest BCUT2D eigenvalue weighted by Gasteiger charge is -2.04. The number of methoxy groups -OCH3 is 1. The molecule has 6 nitrogen and oxygen atoms in total. The molecule has 8 heteroatoms. The smallest absolute Gasteiger partial charge is 0.269 e. The molecule has 0 aliphatic rings.